The van der Waals surface area contributed by atoms with E-state index in [2.05, 4.69) is 69.8 Å². The van der Waals surface area contributed by atoms with E-state index in [0.717, 1.165) is 50.9 Å². The Hall–Kier alpha value is -1.74. The molecule has 2 heterocycles. The molecule has 0 aromatic heterocycles. The van der Waals surface area contributed by atoms with Crippen LogP contribution in [0.2, 0.25) is 0 Å². The van der Waals surface area contributed by atoms with Crippen LogP contribution in [0.25, 0.3) is 0 Å². The Kier molecular flexibility index (Phi) is 9.71. The van der Waals surface area contributed by atoms with Crippen molar-refractivity contribution in [3.05, 3.63) is 65.7 Å². The van der Waals surface area contributed by atoms with E-state index in [1.807, 2.05) is 23.7 Å². The molecule has 0 aliphatic carbocycles. The Bertz CT molecular complexity index is 891. The first kappa shape index (κ1) is 24.9. The second-order valence-corrected chi connectivity index (χ2v) is 9.45. The molecular weight excluding hydrogens is 531 g/mol. The third-order valence-electron chi connectivity index (χ3n) is 6.04. The number of benzene rings is 2. The first-order valence-corrected chi connectivity index (χ1v) is 12.2. The summed E-state index contributed by atoms with van der Waals surface area (Å²) in [6.07, 6.45) is 2.90. The minimum absolute atomic E-state index is 0. The van der Waals surface area contributed by atoms with Gasteiger partial charge in [0, 0.05) is 56.8 Å². The van der Waals surface area contributed by atoms with E-state index in [1.54, 1.807) is 0 Å². The van der Waals surface area contributed by atoms with E-state index in [1.165, 1.54) is 22.4 Å². The number of nitrogens with one attached hydrogen (secondary N) is 1. The van der Waals surface area contributed by atoms with Crippen LogP contribution in [0.4, 0.5) is 0 Å². The fraction of sp³-hybridized carbons (Fsp3) is 0.440. The smallest absolute Gasteiger partial charge is 0.222 e. The third-order valence-corrected chi connectivity index (χ3v) is 7.29. The number of amides is 1. The fourth-order valence-corrected chi connectivity index (χ4v) is 5.31. The molecule has 2 saturated heterocycles. The van der Waals surface area contributed by atoms with Gasteiger partial charge in [-0.15, -0.1) is 35.7 Å². The van der Waals surface area contributed by atoms with Crippen LogP contribution in [-0.4, -0.2) is 54.1 Å². The number of aliphatic imine (C=N–C) groups is 1. The van der Waals surface area contributed by atoms with Crippen LogP contribution >= 0.6 is 35.7 Å². The first-order valence-electron chi connectivity index (χ1n) is 11.2. The summed E-state index contributed by atoms with van der Waals surface area (Å²) in [7, 11) is 1.87. The van der Waals surface area contributed by atoms with Gasteiger partial charge in [-0.3, -0.25) is 9.79 Å². The maximum atomic E-state index is 11.8. The Morgan fingerprint density at radius 2 is 1.84 bits per heavy atom. The van der Waals surface area contributed by atoms with Gasteiger partial charge in [0.05, 0.1) is 0 Å². The zero-order chi connectivity index (χ0) is 21.5. The molecule has 0 bridgehead atoms. The summed E-state index contributed by atoms with van der Waals surface area (Å²) < 4.78 is 0. The third kappa shape index (κ3) is 6.88. The first-order chi connectivity index (χ1) is 15.2. The van der Waals surface area contributed by atoms with E-state index < -0.39 is 0 Å². The zero-order valence-electron chi connectivity index (χ0n) is 18.7. The highest BCUT2D eigenvalue weighted by Gasteiger charge is 2.25. The standard InChI is InChI=1S/C25H32N4OS.HI/c1-26-25(29-15-13-22(18-29)19-31-23-6-3-2-4-7-23)27-16-20-9-11-21(12-10-20)17-28-14-5-8-24(28)30;/h2-4,6-7,9-12,22H,5,8,13-19H2,1H3,(H,26,27);1H. The second-order valence-electron chi connectivity index (χ2n) is 8.36. The molecule has 2 aromatic rings. The largest absolute Gasteiger partial charge is 0.352 e. The Labute approximate surface area is 213 Å². The molecular formula is C25H33IN4OS. The fourth-order valence-electron chi connectivity index (χ4n) is 4.26. The van der Waals surface area contributed by atoms with Crippen molar-refractivity contribution in [1.29, 1.82) is 0 Å². The number of thioether (sulfide) groups is 1. The number of hydrogen-bond donors (Lipinski definition) is 1. The van der Waals surface area contributed by atoms with Gasteiger partial charge in [0.1, 0.15) is 0 Å². The topological polar surface area (TPSA) is 47.9 Å². The predicted molar refractivity (Wildman–Crippen MR) is 144 cm³/mol. The Morgan fingerprint density at radius 1 is 1.09 bits per heavy atom. The maximum Gasteiger partial charge on any atom is 0.222 e. The molecule has 2 aromatic carbocycles. The van der Waals surface area contributed by atoms with Crippen LogP contribution in [0.15, 0.2) is 64.5 Å². The molecule has 1 atom stereocenters. The van der Waals surface area contributed by atoms with Crippen LogP contribution < -0.4 is 5.32 Å². The quantitative estimate of drug-likeness (QED) is 0.231. The number of likely N-dealkylation sites (tertiary alicyclic amines) is 2. The van der Waals surface area contributed by atoms with E-state index >= 15 is 0 Å². The van der Waals surface area contributed by atoms with E-state index in [0.29, 0.717) is 12.3 Å². The number of carbonyl (C=O) groups excluding carboxylic acids is 1. The lowest BCUT2D eigenvalue weighted by Gasteiger charge is -2.22. The molecule has 32 heavy (non-hydrogen) atoms. The predicted octanol–water partition coefficient (Wildman–Crippen LogP) is 4.62. The number of halogens is 1. The molecule has 7 heteroatoms. The summed E-state index contributed by atoms with van der Waals surface area (Å²) in [5.74, 6) is 3.11. The minimum Gasteiger partial charge on any atom is -0.352 e. The molecule has 1 N–H and O–H groups in total. The van der Waals surface area contributed by atoms with Gasteiger partial charge in [0.15, 0.2) is 5.96 Å². The summed E-state index contributed by atoms with van der Waals surface area (Å²) in [5, 5.41) is 3.53. The maximum absolute atomic E-state index is 11.8. The molecule has 2 fully saturated rings. The van der Waals surface area contributed by atoms with Crippen LogP contribution in [-0.2, 0) is 17.9 Å². The highest BCUT2D eigenvalue weighted by atomic mass is 127. The number of rotatable bonds is 7. The number of nitrogens with zero attached hydrogens (tertiary/aromatic N) is 3. The molecule has 1 unspecified atom stereocenters. The lowest BCUT2D eigenvalue weighted by atomic mass is 10.1. The highest BCUT2D eigenvalue weighted by molar-refractivity contribution is 14.0. The van der Waals surface area contributed by atoms with E-state index in [-0.39, 0.29) is 29.9 Å². The minimum atomic E-state index is 0. The Balaban J connectivity index is 0.00000289. The number of hydrogen-bond acceptors (Lipinski definition) is 3. The summed E-state index contributed by atoms with van der Waals surface area (Å²) in [4.78, 5) is 22.0. The van der Waals surface area contributed by atoms with Crippen LogP contribution in [0.5, 0.6) is 0 Å². The van der Waals surface area contributed by atoms with Crippen molar-refractivity contribution in [3.8, 4) is 0 Å². The molecule has 0 spiro atoms. The van der Waals surface area contributed by atoms with Crippen molar-refractivity contribution in [2.75, 3.05) is 32.4 Å². The molecule has 0 saturated carbocycles. The van der Waals surface area contributed by atoms with Gasteiger partial charge < -0.3 is 15.1 Å². The van der Waals surface area contributed by atoms with Crippen molar-refractivity contribution >= 4 is 47.6 Å². The van der Waals surface area contributed by atoms with Crippen LogP contribution in [0, 0.1) is 5.92 Å². The van der Waals surface area contributed by atoms with E-state index in [4.69, 9.17) is 0 Å². The molecule has 1 amide bonds. The highest BCUT2D eigenvalue weighted by Crippen LogP contribution is 2.26. The van der Waals surface area contributed by atoms with E-state index in [9.17, 15) is 4.79 Å². The van der Waals surface area contributed by atoms with Crippen molar-refractivity contribution in [2.24, 2.45) is 10.9 Å². The summed E-state index contributed by atoms with van der Waals surface area (Å²) in [5.41, 5.74) is 2.43. The zero-order valence-corrected chi connectivity index (χ0v) is 21.9. The Morgan fingerprint density at radius 3 is 2.53 bits per heavy atom. The molecule has 5 nitrogen and oxygen atoms in total. The summed E-state index contributed by atoms with van der Waals surface area (Å²) >= 11 is 1.95. The van der Waals surface area contributed by atoms with Crippen molar-refractivity contribution in [1.82, 2.24) is 15.1 Å². The van der Waals surface area contributed by atoms with Crippen molar-refractivity contribution in [2.45, 2.75) is 37.2 Å². The van der Waals surface area contributed by atoms with Crippen LogP contribution in [0.3, 0.4) is 0 Å². The van der Waals surface area contributed by atoms with Gasteiger partial charge in [0.2, 0.25) is 5.91 Å². The van der Waals surface area contributed by atoms with Gasteiger partial charge >= 0.3 is 0 Å². The van der Waals surface area contributed by atoms with Gasteiger partial charge in [-0.05, 0) is 42.0 Å². The van der Waals surface area contributed by atoms with Crippen molar-refractivity contribution in [3.63, 3.8) is 0 Å². The average molecular weight is 565 g/mol. The lowest BCUT2D eigenvalue weighted by Crippen LogP contribution is -2.39. The molecule has 2 aliphatic heterocycles. The SMILES string of the molecule is CN=C(NCc1ccc(CN2CCCC2=O)cc1)N1CCC(CSc2ccccc2)C1.I. The normalized spacial score (nSPS) is 18.7. The summed E-state index contributed by atoms with van der Waals surface area (Å²) in [6, 6.07) is 19.2. The molecule has 0 radical (unpaired) electrons. The second kappa shape index (κ2) is 12.5. The van der Waals surface area contributed by atoms with Crippen LogP contribution in [0.1, 0.15) is 30.4 Å². The van der Waals surface area contributed by atoms with Gasteiger partial charge in [-0.2, -0.15) is 0 Å². The van der Waals surface area contributed by atoms with Crippen molar-refractivity contribution < 1.29 is 4.79 Å². The monoisotopic (exact) mass is 564 g/mol. The number of guanidine groups is 1. The molecule has 2 aliphatic rings. The van der Waals surface area contributed by atoms with Gasteiger partial charge in [-0.1, -0.05) is 42.5 Å². The summed E-state index contributed by atoms with van der Waals surface area (Å²) in [6.45, 7) is 4.49. The van der Waals surface area contributed by atoms with Gasteiger partial charge in [0.25, 0.3) is 0 Å². The number of carbonyl (C=O) groups is 1. The van der Waals surface area contributed by atoms with Gasteiger partial charge in [-0.25, -0.2) is 0 Å². The molecule has 4 rings (SSSR count). The average Bonchev–Trinajstić information content (AvgIpc) is 3.44. The lowest BCUT2D eigenvalue weighted by molar-refractivity contribution is -0.128. The molecule has 172 valence electrons.